The summed E-state index contributed by atoms with van der Waals surface area (Å²) in [6.07, 6.45) is -1.84. The Kier molecular flexibility index (Phi) is 5.91. The van der Waals surface area contributed by atoms with Gasteiger partial charge in [-0.1, -0.05) is 13.3 Å². The molecule has 1 aliphatic carbocycles. The lowest BCUT2D eigenvalue weighted by molar-refractivity contribution is -0.184. The van der Waals surface area contributed by atoms with Crippen LogP contribution in [0.3, 0.4) is 0 Å². The molecule has 1 rings (SSSR count). The highest BCUT2D eigenvalue weighted by Gasteiger charge is 2.42. The number of carbonyl (C=O) groups excluding carboxylic acids is 1. The maximum absolute atomic E-state index is 12.6. The van der Waals surface area contributed by atoms with Crippen LogP contribution in [0.4, 0.5) is 13.2 Å². The first-order valence-electron chi connectivity index (χ1n) is 6.50. The first-order valence-corrected chi connectivity index (χ1v) is 6.50. The SMILES string of the molecule is CCCNCC(=O)NC1CCCC(C(F)(F)F)C1. The Morgan fingerprint density at radius 1 is 1.33 bits per heavy atom. The van der Waals surface area contributed by atoms with Crippen LogP contribution >= 0.6 is 0 Å². The van der Waals surface area contributed by atoms with Crippen LogP contribution in [0.25, 0.3) is 0 Å². The zero-order valence-corrected chi connectivity index (χ0v) is 10.6. The van der Waals surface area contributed by atoms with Gasteiger partial charge in [0, 0.05) is 6.04 Å². The molecule has 2 N–H and O–H groups in total. The Hall–Kier alpha value is -0.780. The number of nitrogens with one attached hydrogen (secondary N) is 2. The minimum atomic E-state index is -4.14. The Balaban J connectivity index is 2.31. The van der Waals surface area contributed by atoms with Crippen LogP contribution in [0.1, 0.15) is 39.0 Å². The molecule has 18 heavy (non-hydrogen) atoms. The van der Waals surface area contributed by atoms with Crippen molar-refractivity contribution in [2.75, 3.05) is 13.1 Å². The number of rotatable bonds is 5. The van der Waals surface area contributed by atoms with E-state index in [0.29, 0.717) is 12.8 Å². The van der Waals surface area contributed by atoms with E-state index in [1.54, 1.807) is 0 Å². The molecule has 0 radical (unpaired) electrons. The lowest BCUT2D eigenvalue weighted by atomic mass is 9.85. The summed E-state index contributed by atoms with van der Waals surface area (Å²) in [5.41, 5.74) is 0. The molecule has 6 heteroatoms. The van der Waals surface area contributed by atoms with Crippen molar-refractivity contribution in [3.05, 3.63) is 0 Å². The highest BCUT2D eigenvalue weighted by atomic mass is 19.4. The van der Waals surface area contributed by atoms with E-state index in [1.165, 1.54) is 0 Å². The summed E-state index contributed by atoms with van der Waals surface area (Å²) in [6.45, 7) is 2.91. The topological polar surface area (TPSA) is 41.1 Å². The monoisotopic (exact) mass is 266 g/mol. The van der Waals surface area contributed by atoms with E-state index in [-0.39, 0.29) is 31.3 Å². The van der Waals surface area contributed by atoms with Crippen LogP contribution in [0.15, 0.2) is 0 Å². The molecule has 2 unspecified atom stereocenters. The van der Waals surface area contributed by atoms with Gasteiger partial charge in [-0.05, 0) is 32.2 Å². The highest BCUT2D eigenvalue weighted by Crippen LogP contribution is 2.37. The summed E-state index contributed by atoms with van der Waals surface area (Å²) in [6, 6.07) is -0.332. The first-order chi connectivity index (χ1) is 8.43. The third kappa shape index (κ3) is 5.25. The molecule has 1 aliphatic rings. The van der Waals surface area contributed by atoms with Crippen molar-refractivity contribution >= 4 is 5.91 Å². The number of alkyl halides is 3. The fourth-order valence-electron chi connectivity index (χ4n) is 2.28. The van der Waals surface area contributed by atoms with Gasteiger partial charge < -0.3 is 10.6 Å². The number of amides is 1. The molecule has 0 saturated heterocycles. The molecule has 0 heterocycles. The molecule has 0 spiro atoms. The maximum atomic E-state index is 12.6. The Bertz CT molecular complexity index is 269. The van der Waals surface area contributed by atoms with Crippen molar-refractivity contribution in [1.29, 1.82) is 0 Å². The van der Waals surface area contributed by atoms with E-state index in [4.69, 9.17) is 0 Å². The number of carbonyl (C=O) groups is 1. The molecule has 0 aromatic heterocycles. The molecule has 1 amide bonds. The fourth-order valence-corrected chi connectivity index (χ4v) is 2.28. The van der Waals surface area contributed by atoms with Gasteiger partial charge in [-0.3, -0.25) is 4.79 Å². The maximum Gasteiger partial charge on any atom is 0.391 e. The zero-order valence-electron chi connectivity index (χ0n) is 10.6. The smallest absolute Gasteiger partial charge is 0.352 e. The second-order valence-corrected chi connectivity index (χ2v) is 4.85. The second kappa shape index (κ2) is 6.97. The Morgan fingerprint density at radius 3 is 2.67 bits per heavy atom. The Morgan fingerprint density at radius 2 is 2.06 bits per heavy atom. The van der Waals surface area contributed by atoms with Gasteiger partial charge in [0.2, 0.25) is 5.91 Å². The predicted octanol–water partition coefficient (Wildman–Crippen LogP) is 2.22. The first kappa shape index (κ1) is 15.3. The number of hydrogen-bond donors (Lipinski definition) is 2. The molecule has 0 aromatic rings. The molecule has 1 saturated carbocycles. The fraction of sp³-hybridized carbons (Fsp3) is 0.917. The van der Waals surface area contributed by atoms with Crippen LogP contribution in [-0.4, -0.2) is 31.2 Å². The van der Waals surface area contributed by atoms with Crippen LogP contribution in [0.5, 0.6) is 0 Å². The van der Waals surface area contributed by atoms with Crippen molar-refractivity contribution in [2.45, 2.75) is 51.2 Å². The van der Waals surface area contributed by atoms with E-state index in [0.717, 1.165) is 13.0 Å². The van der Waals surface area contributed by atoms with E-state index >= 15 is 0 Å². The minimum Gasteiger partial charge on any atom is -0.352 e. The van der Waals surface area contributed by atoms with E-state index in [1.807, 2.05) is 6.92 Å². The van der Waals surface area contributed by atoms with Crippen molar-refractivity contribution in [1.82, 2.24) is 10.6 Å². The van der Waals surface area contributed by atoms with Gasteiger partial charge in [-0.15, -0.1) is 0 Å². The summed E-state index contributed by atoms with van der Waals surface area (Å²) in [7, 11) is 0. The minimum absolute atomic E-state index is 0.0169. The van der Waals surface area contributed by atoms with Gasteiger partial charge >= 0.3 is 6.18 Å². The standard InChI is InChI=1S/C12H21F3N2O/c1-2-6-16-8-11(18)17-10-5-3-4-9(7-10)12(13,14)15/h9-10,16H,2-8H2,1H3,(H,17,18). The molecule has 106 valence electrons. The van der Waals surface area contributed by atoms with Gasteiger partial charge in [0.25, 0.3) is 0 Å². The molecule has 3 nitrogen and oxygen atoms in total. The van der Waals surface area contributed by atoms with Gasteiger partial charge in [0.1, 0.15) is 0 Å². The summed E-state index contributed by atoms with van der Waals surface area (Å²) >= 11 is 0. The number of halogens is 3. The van der Waals surface area contributed by atoms with Crippen LogP contribution in [0, 0.1) is 5.92 Å². The van der Waals surface area contributed by atoms with Crippen molar-refractivity contribution in [3.8, 4) is 0 Å². The summed E-state index contributed by atoms with van der Waals surface area (Å²) in [4.78, 5) is 11.5. The quantitative estimate of drug-likeness (QED) is 0.749. The average molecular weight is 266 g/mol. The third-order valence-electron chi connectivity index (χ3n) is 3.21. The normalized spacial score (nSPS) is 24.9. The Labute approximate surface area is 106 Å². The summed E-state index contributed by atoms with van der Waals surface area (Å²) in [5.74, 6) is -1.48. The van der Waals surface area contributed by atoms with Crippen molar-refractivity contribution in [3.63, 3.8) is 0 Å². The molecule has 0 bridgehead atoms. The van der Waals surface area contributed by atoms with Gasteiger partial charge in [-0.2, -0.15) is 13.2 Å². The van der Waals surface area contributed by atoms with Crippen molar-refractivity contribution < 1.29 is 18.0 Å². The summed E-state index contributed by atoms with van der Waals surface area (Å²) < 4.78 is 37.7. The lowest BCUT2D eigenvalue weighted by Crippen LogP contribution is -2.44. The molecule has 2 atom stereocenters. The molecule has 1 fully saturated rings. The molecule has 0 aliphatic heterocycles. The highest BCUT2D eigenvalue weighted by molar-refractivity contribution is 5.78. The van der Waals surface area contributed by atoms with E-state index in [2.05, 4.69) is 10.6 Å². The second-order valence-electron chi connectivity index (χ2n) is 4.85. The largest absolute Gasteiger partial charge is 0.391 e. The van der Waals surface area contributed by atoms with Gasteiger partial charge in [-0.25, -0.2) is 0 Å². The zero-order chi connectivity index (χ0) is 13.6. The summed E-state index contributed by atoms with van der Waals surface area (Å²) in [5, 5.41) is 5.61. The van der Waals surface area contributed by atoms with Crippen LogP contribution in [0.2, 0.25) is 0 Å². The van der Waals surface area contributed by atoms with Gasteiger partial charge in [0.05, 0.1) is 12.5 Å². The number of hydrogen-bond acceptors (Lipinski definition) is 2. The van der Waals surface area contributed by atoms with Crippen LogP contribution < -0.4 is 10.6 Å². The molecular formula is C12H21F3N2O. The molecular weight excluding hydrogens is 245 g/mol. The lowest BCUT2D eigenvalue weighted by Gasteiger charge is -2.31. The van der Waals surface area contributed by atoms with E-state index in [9.17, 15) is 18.0 Å². The van der Waals surface area contributed by atoms with Crippen molar-refractivity contribution in [2.24, 2.45) is 5.92 Å². The van der Waals surface area contributed by atoms with Gasteiger partial charge in [0.15, 0.2) is 0 Å². The third-order valence-corrected chi connectivity index (χ3v) is 3.21. The predicted molar refractivity (Wildman–Crippen MR) is 63.1 cm³/mol. The van der Waals surface area contributed by atoms with E-state index < -0.39 is 12.1 Å². The molecule has 0 aromatic carbocycles. The average Bonchev–Trinajstić information content (AvgIpc) is 2.28. The van der Waals surface area contributed by atoms with Crippen LogP contribution in [-0.2, 0) is 4.79 Å².